The maximum atomic E-state index is 13.3. The van der Waals surface area contributed by atoms with Gasteiger partial charge in [-0.15, -0.1) is 11.8 Å². The van der Waals surface area contributed by atoms with Gasteiger partial charge < -0.3 is 20.7 Å². The van der Waals surface area contributed by atoms with Gasteiger partial charge in [0.05, 0.1) is 18.0 Å². The second-order valence-electron chi connectivity index (χ2n) is 8.65. The summed E-state index contributed by atoms with van der Waals surface area (Å²) in [6.07, 6.45) is 1.53. The molecule has 41 heavy (non-hydrogen) atoms. The SMILES string of the molecule is CCOc1ccccc1NC(=O)CSc1cccc(NC(=O)/C(=C\c2ccccc2Cl)NC(=O)c2ccccc2)c1. The van der Waals surface area contributed by atoms with Gasteiger partial charge >= 0.3 is 0 Å². The van der Waals surface area contributed by atoms with E-state index < -0.39 is 11.8 Å². The van der Waals surface area contributed by atoms with E-state index in [1.807, 2.05) is 25.1 Å². The van der Waals surface area contributed by atoms with Crippen molar-refractivity contribution in [2.75, 3.05) is 23.0 Å². The molecule has 9 heteroatoms. The van der Waals surface area contributed by atoms with Gasteiger partial charge in [0, 0.05) is 21.2 Å². The minimum Gasteiger partial charge on any atom is -0.492 e. The molecule has 3 amide bonds. The maximum Gasteiger partial charge on any atom is 0.272 e. The van der Waals surface area contributed by atoms with Crippen molar-refractivity contribution in [3.63, 3.8) is 0 Å². The number of para-hydroxylation sites is 2. The molecule has 0 radical (unpaired) electrons. The summed E-state index contributed by atoms with van der Waals surface area (Å²) in [5.41, 5.74) is 2.12. The van der Waals surface area contributed by atoms with Gasteiger partial charge in [0.15, 0.2) is 0 Å². The third-order valence-corrected chi connectivity index (χ3v) is 6.99. The van der Waals surface area contributed by atoms with Crippen molar-refractivity contribution < 1.29 is 19.1 Å². The summed E-state index contributed by atoms with van der Waals surface area (Å²) in [4.78, 5) is 39.6. The van der Waals surface area contributed by atoms with E-state index in [0.29, 0.717) is 39.9 Å². The van der Waals surface area contributed by atoms with E-state index in [1.165, 1.54) is 17.8 Å². The van der Waals surface area contributed by atoms with Crippen molar-refractivity contribution in [1.29, 1.82) is 0 Å². The summed E-state index contributed by atoms with van der Waals surface area (Å²) >= 11 is 7.63. The Bertz CT molecular complexity index is 1560. The molecule has 0 unspecified atom stereocenters. The number of ether oxygens (including phenoxy) is 1. The van der Waals surface area contributed by atoms with Gasteiger partial charge in [0.2, 0.25) is 5.91 Å². The summed E-state index contributed by atoms with van der Waals surface area (Å²) in [7, 11) is 0. The van der Waals surface area contributed by atoms with Crippen molar-refractivity contribution in [3.05, 3.63) is 125 Å². The van der Waals surface area contributed by atoms with Crippen LogP contribution >= 0.6 is 23.4 Å². The number of nitrogens with one attached hydrogen (secondary N) is 3. The molecule has 7 nitrogen and oxygen atoms in total. The number of halogens is 1. The normalized spacial score (nSPS) is 10.9. The molecule has 208 valence electrons. The molecule has 4 rings (SSSR count). The van der Waals surface area contributed by atoms with E-state index in [-0.39, 0.29) is 17.4 Å². The van der Waals surface area contributed by atoms with Crippen LogP contribution in [-0.4, -0.2) is 30.1 Å². The highest BCUT2D eigenvalue weighted by Crippen LogP contribution is 2.26. The number of amides is 3. The van der Waals surface area contributed by atoms with Crippen LogP contribution in [0.1, 0.15) is 22.8 Å². The first-order chi connectivity index (χ1) is 19.9. The molecule has 0 bridgehead atoms. The Morgan fingerprint density at radius 1 is 0.854 bits per heavy atom. The Labute approximate surface area is 248 Å². The smallest absolute Gasteiger partial charge is 0.272 e. The van der Waals surface area contributed by atoms with Crippen LogP contribution in [0.5, 0.6) is 5.75 Å². The van der Waals surface area contributed by atoms with E-state index in [0.717, 1.165) is 4.90 Å². The van der Waals surface area contributed by atoms with Crippen molar-refractivity contribution in [3.8, 4) is 5.75 Å². The number of benzene rings is 4. The van der Waals surface area contributed by atoms with Crippen LogP contribution in [0.25, 0.3) is 6.08 Å². The lowest BCUT2D eigenvalue weighted by Gasteiger charge is -2.13. The van der Waals surface area contributed by atoms with Crippen LogP contribution in [0.3, 0.4) is 0 Å². The van der Waals surface area contributed by atoms with Crippen LogP contribution < -0.4 is 20.7 Å². The Balaban J connectivity index is 1.45. The van der Waals surface area contributed by atoms with Crippen molar-refractivity contribution in [2.45, 2.75) is 11.8 Å². The fourth-order valence-electron chi connectivity index (χ4n) is 3.74. The Morgan fingerprint density at radius 2 is 1.59 bits per heavy atom. The topological polar surface area (TPSA) is 96.5 Å². The highest BCUT2D eigenvalue weighted by Gasteiger charge is 2.16. The molecule has 0 saturated carbocycles. The van der Waals surface area contributed by atoms with E-state index in [1.54, 1.807) is 84.9 Å². The highest BCUT2D eigenvalue weighted by atomic mass is 35.5. The summed E-state index contributed by atoms with van der Waals surface area (Å²) < 4.78 is 5.57. The predicted molar refractivity (Wildman–Crippen MR) is 165 cm³/mol. The fourth-order valence-corrected chi connectivity index (χ4v) is 4.68. The number of carbonyl (C=O) groups is 3. The molecule has 0 fully saturated rings. The molecule has 0 aromatic heterocycles. The second kappa shape index (κ2) is 14.7. The van der Waals surface area contributed by atoms with Crippen LogP contribution in [0, 0.1) is 0 Å². The van der Waals surface area contributed by atoms with E-state index >= 15 is 0 Å². The number of thioether (sulfide) groups is 1. The van der Waals surface area contributed by atoms with Gasteiger partial charge in [0.25, 0.3) is 11.8 Å². The van der Waals surface area contributed by atoms with E-state index in [9.17, 15) is 14.4 Å². The molecular weight excluding hydrogens is 558 g/mol. The summed E-state index contributed by atoms with van der Waals surface area (Å²) in [5.74, 6) is -0.381. The van der Waals surface area contributed by atoms with Crippen molar-refractivity contribution in [1.82, 2.24) is 5.32 Å². The minimum absolute atomic E-state index is 0.0253. The third kappa shape index (κ3) is 8.73. The lowest BCUT2D eigenvalue weighted by molar-refractivity contribution is -0.114. The standard InChI is InChI=1S/C32H28ClN3O4S/c1-2-40-29-18-9-8-17-27(29)35-30(37)21-41-25-15-10-14-24(20-25)34-32(39)28(19-23-13-6-7-16-26(23)33)36-31(38)22-11-4-3-5-12-22/h3-20H,2,21H2,1H3,(H,34,39)(H,35,37)(H,36,38)/b28-19+. The molecule has 0 aliphatic rings. The maximum absolute atomic E-state index is 13.3. The van der Waals surface area contributed by atoms with E-state index in [2.05, 4.69) is 16.0 Å². The van der Waals surface area contributed by atoms with Crippen LogP contribution in [0.4, 0.5) is 11.4 Å². The minimum atomic E-state index is -0.526. The van der Waals surface area contributed by atoms with Gasteiger partial charge in [-0.25, -0.2) is 0 Å². The first-order valence-corrected chi connectivity index (χ1v) is 14.2. The molecule has 0 heterocycles. The number of hydrogen-bond donors (Lipinski definition) is 3. The van der Waals surface area contributed by atoms with Crippen molar-refractivity contribution >= 4 is 58.5 Å². The van der Waals surface area contributed by atoms with Crippen LogP contribution in [0.2, 0.25) is 5.02 Å². The number of hydrogen-bond acceptors (Lipinski definition) is 5. The Hall–Kier alpha value is -4.53. The average molecular weight is 586 g/mol. The van der Waals surface area contributed by atoms with Crippen molar-refractivity contribution in [2.24, 2.45) is 0 Å². The molecule has 3 N–H and O–H groups in total. The van der Waals surface area contributed by atoms with Crippen LogP contribution in [0.15, 0.2) is 114 Å². The first kappa shape index (κ1) is 29.5. The van der Waals surface area contributed by atoms with Gasteiger partial charge in [-0.2, -0.15) is 0 Å². The summed E-state index contributed by atoms with van der Waals surface area (Å²) in [6.45, 7) is 2.37. The molecule has 0 aliphatic heterocycles. The van der Waals surface area contributed by atoms with Gasteiger partial charge in [-0.1, -0.05) is 66.2 Å². The molecule has 4 aromatic carbocycles. The average Bonchev–Trinajstić information content (AvgIpc) is 2.98. The van der Waals surface area contributed by atoms with Gasteiger partial charge in [0.1, 0.15) is 11.4 Å². The van der Waals surface area contributed by atoms with E-state index in [4.69, 9.17) is 16.3 Å². The number of anilines is 2. The third-order valence-electron chi connectivity index (χ3n) is 5.66. The molecule has 0 atom stereocenters. The quantitative estimate of drug-likeness (QED) is 0.132. The van der Waals surface area contributed by atoms with Gasteiger partial charge in [-0.3, -0.25) is 14.4 Å². The molecule has 4 aromatic rings. The second-order valence-corrected chi connectivity index (χ2v) is 10.1. The largest absolute Gasteiger partial charge is 0.492 e. The molecule has 0 saturated heterocycles. The highest BCUT2D eigenvalue weighted by molar-refractivity contribution is 8.00. The first-order valence-electron chi connectivity index (χ1n) is 12.8. The summed E-state index contributed by atoms with van der Waals surface area (Å²) in [5, 5.41) is 8.85. The lowest BCUT2D eigenvalue weighted by Crippen LogP contribution is -2.30. The predicted octanol–water partition coefficient (Wildman–Crippen LogP) is 6.88. The number of carbonyl (C=O) groups excluding carboxylic acids is 3. The van der Waals surface area contributed by atoms with Crippen LogP contribution in [-0.2, 0) is 9.59 Å². The Morgan fingerprint density at radius 3 is 2.37 bits per heavy atom. The Kier molecular flexibility index (Phi) is 10.6. The number of rotatable bonds is 11. The molecule has 0 aliphatic carbocycles. The molecule has 0 spiro atoms. The molecular formula is C32H28ClN3O4S. The zero-order valence-electron chi connectivity index (χ0n) is 22.2. The monoisotopic (exact) mass is 585 g/mol. The van der Waals surface area contributed by atoms with Gasteiger partial charge in [-0.05, 0) is 67.1 Å². The zero-order valence-corrected chi connectivity index (χ0v) is 23.8. The zero-order chi connectivity index (χ0) is 29.0. The summed E-state index contributed by atoms with van der Waals surface area (Å²) in [6, 6.07) is 30.0. The lowest BCUT2D eigenvalue weighted by atomic mass is 10.1. The fraction of sp³-hybridized carbons (Fsp3) is 0.0938.